The molecule has 2 aromatic rings. The smallest absolute Gasteiger partial charge is 0.124 e. The summed E-state index contributed by atoms with van der Waals surface area (Å²) in [6, 6.07) is 9.91. The fraction of sp³-hybridized carbons (Fsp3) is 0.286. The fourth-order valence-electron chi connectivity index (χ4n) is 1.73. The van der Waals surface area contributed by atoms with Gasteiger partial charge in [0.2, 0.25) is 0 Å². The van der Waals surface area contributed by atoms with Crippen LogP contribution in [0.1, 0.15) is 31.0 Å². The van der Waals surface area contributed by atoms with Gasteiger partial charge in [-0.15, -0.1) is 0 Å². The molecule has 1 heterocycles. The van der Waals surface area contributed by atoms with Crippen molar-refractivity contribution in [1.29, 1.82) is 0 Å². The van der Waals surface area contributed by atoms with Crippen LogP contribution in [0.15, 0.2) is 41.1 Å². The van der Waals surface area contributed by atoms with E-state index in [4.69, 9.17) is 10.5 Å². The number of hydrogen-bond acceptors (Lipinski definition) is 3. The van der Waals surface area contributed by atoms with Crippen LogP contribution in [0.3, 0.4) is 0 Å². The molecule has 0 aliphatic carbocycles. The Bertz CT molecular complexity index is 465. The van der Waals surface area contributed by atoms with Gasteiger partial charge < -0.3 is 10.5 Å². The van der Waals surface area contributed by atoms with E-state index in [1.165, 1.54) is 0 Å². The highest BCUT2D eigenvalue weighted by Crippen LogP contribution is 2.29. The molecule has 1 atom stereocenters. The highest BCUT2D eigenvalue weighted by Gasteiger charge is 2.14. The minimum atomic E-state index is -0.115. The van der Waals surface area contributed by atoms with Gasteiger partial charge in [0, 0.05) is 5.56 Å². The Kier molecular flexibility index (Phi) is 3.82. The van der Waals surface area contributed by atoms with E-state index in [0.717, 1.165) is 16.9 Å². The van der Waals surface area contributed by atoms with Gasteiger partial charge in [0.1, 0.15) is 5.75 Å². The summed E-state index contributed by atoms with van der Waals surface area (Å²) >= 11 is 1.66. The van der Waals surface area contributed by atoms with Crippen molar-refractivity contribution in [3.8, 4) is 5.75 Å². The van der Waals surface area contributed by atoms with Gasteiger partial charge in [0.25, 0.3) is 0 Å². The lowest BCUT2D eigenvalue weighted by Crippen LogP contribution is -2.14. The Hall–Kier alpha value is -1.32. The lowest BCUT2D eigenvalue weighted by molar-refractivity contribution is 0.239. The van der Waals surface area contributed by atoms with Crippen molar-refractivity contribution < 1.29 is 4.74 Å². The van der Waals surface area contributed by atoms with Gasteiger partial charge in [-0.1, -0.05) is 18.2 Å². The van der Waals surface area contributed by atoms with Crippen molar-refractivity contribution in [2.75, 3.05) is 0 Å². The lowest BCUT2D eigenvalue weighted by atomic mass is 10.0. The number of nitrogens with two attached hydrogens (primary N) is 1. The molecule has 90 valence electrons. The molecule has 0 unspecified atom stereocenters. The number of benzene rings is 1. The number of hydrogen-bond donors (Lipinski definition) is 1. The van der Waals surface area contributed by atoms with Crippen LogP contribution in [0.4, 0.5) is 0 Å². The van der Waals surface area contributed by atoms with E-state index in [2.05, 4.69) is 11.4 Å². The molecular weight excluding hydrogens is 230 g/mol. The molecule has 0 radical (unpaired) electrons. The molecule has 2 rings (SSSR count). The van der Waals surface area contributed by atoms with Gasteiger partial charge in [-0.05, 0) is 42.3 Å². The number of ether oxygens (including phenoxy) is 1. The van der Waals surface area contributed by atoms with E-state index >= 15 is 0 Å². The van der Waals surface area contributed by atoms with Crippen LogP contribution in [-0.2, 0) is 0 Å². The van der Waals surface area contributed by atoms with Gasteiger partial charge in [-0.2, -0.15) is 11.3 Å². The Morgan fingerprint density at radius 2 is 1.94 bits per heavy atom. The number of para-hydroxylation sites is 1. The first-order valence-corrected chi connectivity index (χ1v) is 6.66. The summed E-state index contributed by atoms with van der Waals surface area (Å²) in [5.74, 6) is 0.876. The maximum Gasteiger partial charge on any atom is 0.124 e. The molecule has 0 saturated carbocycles. The van der Waals surface area contributed by atoms with E-state index in [1.807, 2.05) is 43.5 Å². The molecule has 0 bridgehead atoms. The third kappa shape index (κ3) is 2.87. The first-order chi connectivity index (χ1) is 8.18. The first-order valence-electron chi connectivity index (χ1n) is 5.71. The van der Waals surface area contributed by atoms with E-state index in [1.54, 1.807) is 11.3 Å². The molecule has 1 aromatic heterocycles. The molecule has 1 aromatic carbocycles. The molecular formula is C14H17NOS. The third-order valence-corrected chi connectivity index (χ3v) is 3.22. The molecule has 0 saturated heterocycles. The standard InChI is InChI=1S/C14H17NOS/c1-10(2)16-13-6-4-3-5-12(13)14(15)11-7-8-17-9-11/h3-10,14H,15H2,1-2H3/t14-/m0/s1. The summed E-state index contributed by atoms with van der Waals surface area (Å²) < 4.78 is 5.79. The Labute approximate surface area is 106 Å². The number of thiophene rings is 1. The molecule has 2 N–H and O–H groups in total. The molecule has 2 nitrogen and oxygen atoms in total. The normalized spacial score (nSPS) is 12.7. The number of rotatable bonds is 4. The van der Waals surface area contributed by atoms with Crippen LogP contribution in [0.5, 0.6) is 5.75 Å². The van der Waals surface area contributed by atoms with Crippen molar-refractivity contribution in [3.05, 3.63) is 52.2 Å². The maximum absolute atomic E-state index is 6.26. The summed E-state index contributed by atoms with van der Waals surface area (Å²) in [5, 5.41) is 4.12. The zero-order valence-electron chi connectivity index (χ0n) is 10.1. The van der Waals surface area contributed by atoms with Gasteiger partial charge >= 0.3 is 0 Å². The van der Waals surface area contributed by atoms with Crippen LogP contribution in [-0.4, -0.2) is 6.10 Å². The Morgan fingerprint density at radius 3 is 2.59 bits per heavy atom. The van der Waals surface area contributed by atoms with Crippen LogP contribution in [0.2, 0.25) is 0 Å². The summed E-state index contributed by atoms with van der Waals surface area (Å²) in [5.41, 5.74) is 8.44. The molecule has 17 heavy (non-hydrogen) atoms. The molecule has 3 heteroatoms. The maximum atomic E-state index is 6.26. The third-order valence-electron chi connectivity index (χ3n) is 2.52. The Morgan fingerprint density at radius 1 is 1.18 bits per heavy atom. The predicted octanol–water partition coefficient (Wildman–Crippen LogP) is 3.58. The second-order valence-electron chi connectivity index (χ2n) is 4.24. The summed E-state index contributed by atoms with van der Waals surface area (Å²) in [7, 11) is 0. The molecule has 0 amide bonds. The minimum Gasteiger partial charge on any atom is -0.491 e. The highest BCUT2D eigenvalue weighted by atomic mass is 32.1. The van der Waals surface area contributed by atoms with Gasteiger partial charge in [0.05, 0.1) is 12.1 Å². The molecule has 0 spiro atoms. The second kappa shape index (κ2) is 5.34. The largest absolute Gasteiger partial charge is 0.491 e. The van der Waals surface area contributed by atoms with Crippen LogP contribution < -0.4 is 10.5 Å². The van der Waals surface area contributed by atoms with E-state index in [0.29, 0.717) is 0 Å². The van der Waals surface area contributed by atoms with Gasteiger partial charge in [0.15, 0.2) is 0 Å². The summed E-state index contributed by atoms with van der Waals surface area (Å²) in [6.07, 6.45) is 0.158. The topological polar surface area (TPSA) is 35.2 Å². The monoisotopic (exact) mass is 247 g/mol. The average molecular weight is 247 g/mol. The zero-order valence-corrected chi connectivity index (χ0v) is 10.9. The summed E-state index contributed by atoms with van der Waals surface area (Å²) in [4.78, 5) is 0. The van der Waals surface area contributed by atoms with E-state index in [-0.39, 0.29) is 12.1 Å². The SMILES string of the molecule is CC(C)Oc1ccccc1[C@@H](N)c1ccsc1. The van der Waals surface area contributed by atoms with E-state index in [9.17, 15) is 0 Å². The van der Waals surface area contributed by atoms with Gasteiger partial charge in [-0.3, -0.25) is 0 Å². The molecule has 0 aliphatic rings. The van der Waals surface area contributed by atoms with Crippen molar-refractivity contribution in [1.82, 2.24) is 0 Å². The quantitative estimate of drug-likeness (QED) is 0.896. The van der Waals surface area contributed by atoms with Gasteiger partial charge in [-0.25, -0.2) is 0 Å². The molecule has 0 aliphatic heterocycles. The van der Waals surface area contributed by atoms with Crippen molar-refractivity contribution in [2.24, 2.45) is 5.73 Å². The molecule has 0 fully saturated rings. The van der Waals surface area contributed by atoms with Crippen molar-refractivity contribution in [3.63, 3.8) is 0 Å². The first kappa shape index (κ1) is 12.1. The average Bonchev–Trinajstić information content (AvgIpc) is 2.81. The predicted molar refractivity (Wildman–Crippen MR) is 72.6 cm³/mol. The van der Waals surface area contributed by atoms with Crippen LogP contribution in [0.25, 0.3) is 0 Å². The second-order valence-corrected chi connectivity index (χ2v) is 5.02. The van der Waals surface area contributed by atoms with E-state index < -0.39 is 0 Å². The lowest BCUT2D eigenvalue weighted by Gasteiger charge is -2.18. The zero-order chi connectivity index (χ0) is 12.3. The Balaban J connectivity index is 2.31. The van der Waals surface area contributed by atoms with Crippen LogP contribution in [0, 0.1) is 0 Å². The highest BCUT2D eigenvalue weighted by molar-refractivity contribution is 7.08. The fourth-order valence-corrected chi connectivity index (χ4v) is 2.43. The van der Waals surface area contributed by atoms with Crippen molar-refractivity contribution >= 4 is 11.3 Å². The summed E-state index contributed by atoms with van der Waals surface area (Å²) in [6.45, 7) is 4.04. The van der Waals surface area contributed by atoms with Crippen LogP contribution >= 0.6 is 11.3 Å². The minimum absolute atomic E-state index is 0.115. The van der Waals surface area contributed by atoms with Crippen molar-refractivity contribution in [2.45, 2.75) is 26.0 Å².